The van der Waals surface area contributed by atoms with Gasteiger partial charge in [0.2, 0.25) is 0 Å². The number of nitrogens with zero attached hydrogens (tertiary/aromatic N) is 2. The van der Waals surface area contributed by atoms with Gasteiger partial charge in [-0.1, -0.05) is 24.1 Å². The highest BCUT2D eigenvalue weighted by molar-refractivity contribution is 6.28. The largest absolute Gasteiger partial charge is 0.393 e. The van der Waals surface area contributed by atoms with E-state index in [0.29, 0.717) is 5.92 Å². The van der Waals surface area contributed by atoms with Crippen molar-refractivity contribution in [1.82, 2.24) is 9.97 Å². The number of ketones is 1. The van der Waals surface area contributed by atoms with E-state index in [4.69, 9.17) is 0 Å². The molecule has 27 heavy (non-hydrogen) atoms. The standard InChI is InChI=1S/C23H26N2O2/c1-22-7-5-16(26)9-15(22)3-4-17-19(22)6-8-23(2)20(17)10-18(21(23)27)14-11-24-13-25-12-14/h3,10-13,16,19,26H,4-9H2,1-2H3/t16-,19-,22-,23-/m0/s1. The van der Waals surface area contributed by atoms with Crippen molar-refractivity contribution in [3.05, 3.63) is 53.2 Å². The Morgan fingerprint density at radius 1 is 1.15 bits per heavy atom. The fraction of sp³-hybridized carbons (Fsp3) is 0.522. The minimum atomic E-state index is -0.410. The number of allylic oxidation sites excluding steroid dienone is 5. The summed E-state index contributed by atoms with van der Waals surface area (Å²) in [7, 11) is 0. The summed E-state index contributed by atoms with van der Waals surface area (Å²) in [6, 6.07) is 0. The van der Waals surface area contributed by atoms with Gasteiger partial charge < -0.3 is 5.11 Å². The second kappa shape index (κ2) is 5.71. The minimum Gasteiger partial charge on any atom is -0.393 e. The molecule has 1 saturated carbocycles. The van der Waals surface area contributed by atoms with Gasteiger partial charge in [0.15, 0.2) is 5.78 Å². The maximum atomic E-state index is 13.3. The Kier molecular flexibility index (Phi) is 3.61. The summed E-state index contributed by atoms with van der Waals surface area (Å²) in [4.78, 5) is 21.5. The number of aliphatic hydroxyl groups excluding tert-OH is 1. The molecule has 0 radical (unpaired) electrons. The average molecular weight is 362 g/mol. The number of hydrogen-bond donors (Lipinski definition) is 1. The van der Waals surface area contributed by atoms with E-state index in [9.17, 15) is 9.90 Å². The highest BCUT2D eigenvalue weighted by Gasteiger charge is 2.53. The molecule has 1 aromatic heterocycles. The molecule has 1 fully saturated rings. The lowest BCUT2D eigenvalue weighted by molar-refractivity contribution is -0.120. The molecule has 0 amide bonds. The van der Waals surface area contributed by atoms with Crippen molar-refractivity contribution in [2.45, 2.75) is 58.5 Å². The van der Waals surface area contributed by atoms with Gasteiger partial charge in [-0.05, 0) is 68.4 Å². The number of carbonyl (C=O) groups excluding carboxylic acids is 1. The average Bonchev–Trinajstić information content (AvgIpc) is 2.94. The maximum Gasteiger partial charge on any atom is 0.173 e. The molecule has 0 spiro atoms. The van der Waals surface area contributed by atoms with Crippen LogP contribution in [0.5, 0.6) is 0 Å². The molecule has 1 heterocycles. The lowest BCUT2D eigenvalue weighted by Crippen LogP contribution is -2.43. The Morgan fingerprint density at radius 2 is 1.93 bits per heavy atom. The number of aromatic nitrogens is 2. The van der Waals surface area contributed by atoms with Crippen LogP contribution in [0, 0.1) is 16.7 Å². The van der Waals surface area contributed by atoms with Gasteiger partial charge in [-0.25, -0.2) is 9.97 Å². The van der Waals surface area contributed by atoms with Crippen molar-refractivity contribution in [1.29, 1.82) is 0 Å². The molecule has 140 valence electrons. The molecule has 5 rings (SSSR count). The molecule has 4 aliphatic rings. The van der Waals surface area contributed by atoms with Gasteiger partial charge >= 0.3 is 0 Å². The van der Waals surface area contributed by atoms with Gasteiger partial charge in [-0.3, -0.25) is 4.79 Å². The summed E-state index contributed by atoms with van der Waals surface area (Å²) in [5, 5.41) is 10.1. The summed E-state index contributed by atoms with van der Waals surface area (Å²) < 4.78 is 0. The van der Waals surface area contributed by atoms with E-state index in [1.807, 2.05) is 0 Å². The van der Waals surface area contributed by atoms with Gasteiger partial charge in [0.25, 0.3) is 0 Å². The van der Waals surface area contributed by atoms with E-state index in [-0.39, 0.29) is 17.3 Å². The smallest absolute Gasteiger partial charge is 0.173 e. The lowest BCUT2D eigenvalue weighted by Gasteiger charge is -2.51. The Balaban J connectivity index is 1.64. The normalized spacial score (nSPS) is 38.0. The number of rotatable bonds is 1. The Labute approximate surface area is 160 Å². The molecule has 4 heteroatoms. The molecule has 0 aromatic carbocycles. The maximum absolute atomic E-state index is 13.3. The number of aliphatic hydroxyl groups is 1. The number of carbonyl (C=O) groups is 1. The zero-order valence-corrected chi connectivity index (χ0v) is 16.0. The summed E-state index contributed by atoms with van der Waals surface area (Å²) in [6.45, 7) is 4.50. The van der Waals surface area contributed by atoms with E-state index in [1.54, 1.807) is 12.4 Å². The second-order valence-electron chi connectivity index (χ2n) is 9.12. The first-order valence-corrected chi connectivity index (χ1v) is 10.1. The third-order valence-corrected chi connectivity index (χ3v) is 7.72. The molecule has 4 nitrogen and oxygen atoms in total. The van der Waals surface area contributed by atoms with Gasteiger partial charge in [0.1, 0.15) is 6.33 Å². The molecule has 0 bridgehead atoms. The summed E-state index contributed by atoms with van der Waals surface area (Å²) in [6.07, 6.45) is 14.9. The lowest BCUT2D eigenvalue weighted by atomic mass is 9.53. The van der Waals surface area contributed by atoms with Crippen molar-refractivity contribution in [2.24, 2.45) is 16.7 Å². The Morgan fingerprint density at radius 3 is 2.70 bits per heavy atom. The van der Waals surface area contributed by atoms with Crippen LogP contribution in [-0.2, 0) is 4.79 Å². The molecule has 4 aliphatic carbocycles. The van der Waals surface area contributed by atoms with Crippen LogP contribution in [0.15, 0.2) is 47.6 Å². The van der Waals surface area contributed by atoms with Crippen LogP contribution < -0.4 is 0 Å². The highest BCUT2D eigenvalue weighted by atomic mass is 16.3. The Bertz CT molecular complexity index is 914. The molecule has 0 aliphatic heterocycles. The molecule has 0 saturated heterocycles. The number of Topliss-reactive ketones (excluding diaryl/α,β-unsaturated/α-hetero) is 1. The number of hydrogen-bond acceptors (Lipinski definition) is 4. The quantitative estimate of drug-likeness (QED) is 0.766. The predicted octanol–water partition coefficient (Wildman–Crippen LogP) is 4.04. The van der Waals surface area contributed by atoms with Crippen LogP contribution in [0.25, 0.3) is 5.57 Å². The fourth-order valence-corrected chi connectivity index (χ4v) is 6.05. The van der Waals surface area contributed by atoms with Crippen molar-refractivity contribution in [3.8, 4) is 0 Å². The molecule has 0 unspecified atom stereocenters. The van der Waals surface area contributed by atoms with Crippen molar-refractivity contribution in [2.75, 3.05) is 0 Å². The zero-order chi connectivity index (χ0) is 18.8. The van der Waals surface area contributed by atoms with Crippen molar-refractivity contribution < 1.29 is 9.90 Å². The zero-order valence-electron chi connectivity index (χ0n) is 16.0. The molecule has 1 aromatic rings. The van der Waals surface area contributed by atoms with Gasteiger partial charge in [-0.2, -0.15) is 0 Å². The van der Waals surface area contributed by atoms with Crippen LogP contribution in [0.2, 0.25) is 0 Å². The van der Waals surface area contributed by atoms with Gasteiger partial charge in [0, 0.05) is 23.5 Å². The number of fused-ring (bicyclic) bond motifs is 4. The van der Waals surface area contributed by atoms with E-state index in [2.05, 4.69) is 36.0 Å². The highest BCUT2D eigenvalue weighted by Crippen LogP contribution is 2.61. The first-order chi connectivity index (χ1) is 12.9. The molecule has 1 N–H and O–H groups in total. The third-order valence-electron chi connectivity index (χ3n) is 7.72. The van der Waals surface area contributed by atoms with E-state index in [1.165, 1.54) is 23.0 Å². The van der Waals surface area contributed by atoms with E-state index < -0.39 is 5.41 Å². The minimum absolute atomic E-state index is 0.136. The first-order valence-electron chi connectivity index (χ1n) is 10.1. The molecule has 4 atom stereocenters. The van der Waals surface area contributed by atoms with Crippen molar-refractivity contribution in [3.63, 3.8) is 0 Å². The van der Waals surface area contributed by atoms with Gasteiger partial charge in [-0.15, -0.1) is 0 Å². The van der Waals surface area contributed by atoms with Crippen LogP contribution in [0.3, 0.4) is 0 Å². The van der Waals surface area contributed by atoms with E-state index in [0.717, 1.165) is 49.7 Å². The fourth-order valence-electron chi connectivity index (χ4n) is 6.05. The van der Waals surface area contributed by atoms with Crippen LogP contribution >= 0.6 is 0 Å². The first kappa shape index (κ1) is 17.1. The molecular weight excluding hydrogens is 336 g/mol. The van der Waals surface area contributed by atoms with E-state index >= 15 is 0 Å². The summed E-state index contributed by atoms with van der Waals surface area (Å²) >= 11 is 0. The van der Waals surface area contributed by atoms with Crippen LogP contribution in [0.1, 0.15) is 57.9 Å². The topological polar surface area (TPSA) is 63.1 Å². The predicted molar refractivity (Wildman–Crippen MR) is 104 cm³/mol. The van der Waals surface area contributed by atoms with Crippen LogP contribution in [-0.4, -0.2) is 27.0 Å². The summed E-state index contributed by atoms with van der Waals surface area (Å²) in [5.74, 6) is 0.709. The Hall–Kier alpha value is -2.07. The molecular formula is C23H26N2O2. The third kappa shape index (κ3) is 2.29. The van der Waals surface area contributed by atoms with Crippen molar-refractivity contribution >= 4 is 11.4 Å². The van der Waals surface area contributed by atoms with Gasteiger partial charge in [0.05, 0.1) is 11.5 Å². The SMILES string of the molecule is C[C@]12CC[C@H]3C(=C1C=C(c1cncnc1)C2=O)CC=C1C[C@@H](O)CC[C@@]13C. The van der Waals surface area contributed by atoms with Crippen LogP contribution in [0.4, 0.5) is 0 Å². The monoisotopic (exact) mass is 362 g/mol. The summed E-state index contributed by atoms with van der Waals surface area (Å²) in [5.41, 5.74) is 5.44. The second-order valence-corrected chi connectivity index (χ2v) is 9.12.